The Hall–Kier alpha value is -1.06. The molecule has 1 saturated heterocycles. The molecule has 0 radical (unpaired) electrons. The molecule has 2 rings (SSSR count). The number of piperidine rings is 1. The third-order valence-electron chi connectivity index (χ3n) is 4.02. The van der Waals surface area contributed by atoms with Crippen molar-refractivity contribution >= 4 is 18.3 Å². The van der Waals surface area contributed by atoms with Crippen LogP contribution in [-0.4, -0.2) is 25.0 Å². The van der Waals surface area contributed by atoms with E-state index in [0.29, 0.717) is 0 Å². The Labute approximate surface area is 127 Å². The van der Waals surface area contributed by atoms with E-state index in [4.69, 9.17) is 0 Å². The minimum atomic E-state index is -0.483. The summed E-state index contributed by atoms with van der Waals surface area (Å²) < 4.78 is 0. The minimum absolute atomic E-state index is 0. The topological polar surface area (TPSA) is 41.1 Å². The van der Waals surface area contributed by atoms with Crippen molar-refractivity contribution in [3.8, 4) is 0 Å². The van der Waals surface area contributed by atoms with E-state index in [1.165, 1.54) is 5.56 Å². The number of carbonyl (C=O) groups excluding carboxylic acids is 1. The Kier molecular flexibility index (Phi) is 6.03. The second-order valence-corrected chi connectivity index (χ2v) is 5.96. The molecule has 3 nitrogen and oxygen atoms in total. The zero-order chi connectivity index (χ0) is 13.9. The third kappa shape index (κ3) is 3.74. The number of benzene rings is 1. The van der Waals surface area contributed by atoms with E-state index >= 15 is 0 Å². The van der Waals surface area contributed by atoms with Crippen LogP contribution in [0.2, 0.25) is 0 Å². The highest BCUT2D eigenvalue weighted by molar-refractivity contribution is 5.88. The molecule has 1 atom stereocenters. The molecular formula is C16H25ClN2O. The first-order chi connectivity index (χ1) is 9.01. The largest absolute Gasteiger partial charge is 0.351 e. The average molecular weight is 297 g/mol. The van der Waals surface area contributed by atoms with Crippen LogP contribution < -0.4 is 10.6 Å². The van der Waals surface area contributed by atoms with Crippen LogP contribution in [0.5, 0.6) is 0 Å². The molecule has 20 heavy (non-hydrogen) atoms. The summed E-state index contributed by atoms with van der Waals surface area (Å²) in [5, 5.41) is 6.51. The lowest BCUT2D eigenvalue weighted by atomic mass is 9.81. The van der Waals surface area contributed by atoms with Gasteiger partial charge in [0.15, 0.2) is 0 Å². The van der Waals surface area contributed by atoms with Crippen LogP contribution in [0.4, 0.5) is 0 Å². The summed E-state index contributed by atoms with van der Waals surface area (Å²) in [6, 6.07) is 8.39. The second-order valence-electron chi connectivity index (χ2n) is 5.96. The number of amides is 1. The zero-order valence-corrected chi connectivity index (χ0v) is 13.3. The van der Waals surface area contributed by atoms with Gasteiger partial charge in [-0.25, -0.2) is 0 Å². The fourth-order valence-electron chi connectivity index (χ4n) is 2.74. The maximum atomic E-state index is 12.5. The lowest BCUT2D eigenvalue weighted by Gasteiger charge is -2.30. The first-order valence-corrected chi connectivity index (χ1v) is 7.09. The molecule has 0 aromatic heterocycles. The predicted octanol–water partition coefficient (Wildman–Crippen LogP) is 2.56. The van der Waals surface area contributed by atoms with Crippen molar-refractivity contribution in [2.24, 2.45) is 0 Å². The van der Waals surface area contributed by atoms with Crippen molar-refractivity contribution in [3.63, 3.8) is 0 Å². The number of hydrogen-bond donors (Lipinski definition) is 2. The van der Waals surface area contributed by atoms with Gasteiger partial charge in [0.25, 0.3) is 0 Å². The van der Waals surface area contributed by atoms with Crippen molar-refractivity contribution in [1.29, 1.82) is 0 Å². The van der Waals surface area contributed by atoms with Gasteiger partial charge >= 0.3 is 0 Å². The monoisotopic (exact) mass is 296 g/mol. The molecule has 112 valence electrons. The molecule has 1 unspecified atom stereocenters. The van der Waals surface area contributed by atoms with E-state index in [0.717, 1.165) is 31.5 Å². The molecule has 4 heteroatoms. The van der Waals surface area contributed by atoms with Crippen LogP contribution in [0, 0.1) is 6.92 Å². The Morgan fingerprint density at radius 2 is 2.05 bits per heavy atom. The van der Waals surface area contributed by atoms with Gasteiger partial charge in [0.05, 0.1) is 5.41 Å². The van der Waals surface area contributed by atoms with Crippen LogP contribution in [-0.2, 0) is 10.2 Å². The normalized spacial score (nSPS) is 19.1. The van der Waals surface area contributed by atoms with Crippen molar-refractivity contribution in [2.45, 2.75) is 45.1 Å². The number of rotatable bonds is 3. The molecule has 1 amide bonds. The van der Waals surface area contributed by atoms with E-state index < -0.39 is 5.41 Å². The maximum Gasteiger partial charge on any atom is 0.230 e. The van der Waals surface area contributed by atoms with Gasteiger partial charge < -0.3 is 10.6 Å². The second kappa shape index (κ2) is 7.09. The van der Waals surface area contributed by atoms with Crippen molar-refractivity contribution in [2.75, 3.05) is 13.1 Å². The minimum Gasteiger partial charge on any atom is -0.351 e. The lowest BCUT2D eigenvalue weighted by Crippen LogP contribution is -2.50. The molecule has 2 N–H and O–H groups in total. The summed E-state index contributed by atoms with van der Waals surface area (Å²) in [4.78, 5) is 12.5. The quantitative estimate of drug-likeness (QED) is 0.900. The number of halogens is 1. The molecule has 0 aliphatic carbocycles. The molecule has 1 aromatic carbocycles. The van der Waals surface area contributed by atoms with Crippen LogP contribution in [0.25, 0.3) is 0 Å². The third-order valence-corrected chi connectivity index (χ3v) is 4.02. The van der Waals surface area contributed by atoms with Gasteiger partial charge in [-0.15, -0.1) is 12.4 Å². The maximum absolute atomic E-state index is 12.5. The first-order valence-electron chi connectivity index (χ1n) is 7.09. The molecule has 1 aliphatic rings. The summed E-state index contributed by atoms with van der Waals surface area (Å²) >= 11 is 0. The van der Waals surface area contributed by atoms with Crippen molar-refractivity contribution in [3.05, 3.63) is 35.4 Å². The predicted molar refractivity (Wildman–Crippen MR) is 85.5 cm³/mol. The van der Waals surface area contributed by atoms with Crippen LogP contribution >= 0.6 is 12.4 Å². The number of hydrogen-bond acceptors (Lipinski definition) is 2. The molecule has 1 aliphatic heterocycles. The highest BCUT2D eigenvalue weighted by Gasteiger charge is 2.32. The number of aryl methyl sites for hydroxylation is 1. The first kappa shape index (κ1) is 17.0. The van der Waals surface area contributed by atoms with E-state index in [-0.39, 0.29) is 24.4 Å². The fourth-order valence-corrected chi connectivity index (χ4v) is 2.74. The Morgan fingerprint density at radius 1 is 1.35 bits per heavy atom. The number of carbonyl (C=O) groups is 1. The van der Waals surface area contributed by atoms with E-state index in [9.17, 15) is 4.79 Å². The lowest BCUT2D eigenvalue weighted by molar-refractivity contribution is -0.126. The Balaban J connectivity index is 0.00000200. The number of nitrogens with one attached hydrogen (secondary N) is 2. The summed E-state index contributed by atoms with van der Waals surface area (Å²) in [6.45, 7) is 8.01. The molecule has 0 saturated carbocycles. The molecule has 1 fully saturated rings. The Morgan fingerprint density at radius 3 is 2.65 bits per heavy atom. The van der Waals surface area contributed by atoms with E-state index in [1.807, 2.05) is 32.0 Å². The van der Waals surface area contributed by atoms with Gasteiger partial charge in [-0.05, 0) is 51.3 Å². The smallest absolute Gasteiger partial charge is 0.230 e. The SMILES string of the molecule is Cc1ccccc1C(C)(C)C(=O)NC1CCCNC1.Cl. The zero-order valence-electron chi connectivity index (χ0n) is 12.5. The summed E-state index contributed by atoms with van der Waals surface area (Å²) in [5.41, 5.74) is 1.80. The van der Waals surface area contributed by atoms with E-state index in [1.54, 1.807) is 0 Å². The van der Waals surface area contributed by atoms with Crippen molar-refractivity contribution in [1.82, 2.24) is 10.6 Å². The molecule has 0 bridgehead atoms. The van der Waals surface area contributed by atoms with E-state index in [2.05, 4.69) is 23.6 Å². The van der Waals surface area contributed by atoms with Gasteiger partial charge in [-0.1, -0.05) is 24.3 Å². The van der Waals surface area contributed by atoms with Crippen LogP contribution in [0.15, 0.2) is 24.3 Å². The average Bonchev–Trinajstić information content (AvgIpc) is 2.40. The van der Waals surface area contributed by atoms with Crippen LogP contribution in [0.1, 0.15) is 37.8 Å². The molecular weight excluding hydrogens is 272 g/mol. The molecule has 1 aromatic rings. The summed E-state index contributed by atoms with van der Waals surface area (Å²) in [5.74, 6) is 0.121. The summed E-state index contributed by atoms with van der Waals surface area (Å²) in [6.07, 6.45) is 2.21. The summed E-state index contributed by atoms with van der Waals surface area (Å²) in [7, 11) is 0. The fraction of sp³-hybridized carbons (Fsp3) is 0.562. The van der Waals surface area contributed by atoms with Crippen LogP contribution in [0.3, 0.4) is 0 Å². The Bertz CT molecular complexity index is 454. The van der Waals surface area contributed by atoms with Crippen molar-refractivity contribution < 1.29 is 4.79 Å². The highest BCUT2D eigenvalue weighted by Crippen LogP contribution is 2.26. The highest BCUT2D eigenvalue weighted by atomic mass is 35.5. The standard InChI is InChI=1S/C16H24N2O.ClH/c1-12-7-4-5-9-14(12)16(2,3)15(19)18-13-8-6-10-17-11-13;/h4-5,7,9,13,17H,6,8,10-11H2,1-3H3,(H,18,19);1H. The van der Waals surface area contributed by atoms with Gasteiger partial charge in [0.2, 0.25) is 5.91 Å². The van der Waals surface area contributed by atoms with Gasteiger partial charge in [-0.3, -0.25) is 4.79 Å². The molecule has 0 spiro atoms. The molecule has 1 heterocycles. The van der Waals surface area contributed by atoms with Gasteiger partial charge in [0, 0.05) is 12.6 Å². The van der Waals surface area contributed by atoms with Gasteiger partial charge in [0.1, 0.15) is 0 Å². The van der Waals surface area contributed by atoms with Gasteiger partial charge in [-0.2, -0.15) is 0 Å².